The summed E-state index contributed by atoms with van der Waals surface area (Å²) in [6, 6.07) is 20.8. The zero-order valence-electron chi connectivity index (χ0n) is 42.6. The van der Waals surface area contributed by atoms with Crippen molar-refractivity contribution in [2.75, 3.05) is 76.5 Å². The van der Waals surface area contributed by atoms with Gasteiger partial charge in [0.05, 0.1) is 60.3 Å². The minimum Gasteiger partial charge on any atom is -0.313 e. The zero-order chi connectivity index (χ0) is 49.8. The van der Waals surface area contributed by atoms with Crippen molar-refractivity contribution < 1.29 is 4.79 Å². The van der Waals surface area contributed by atoms with Crippen molar-refractivity contribution in [1.29, 1.82) is 0 Å². The van der Waals surface area contributed by atoms with Gasteiger partial charge in [0.1, 0.15) is 22.8 Å². The minimum atomic E-state index is -0.0149. The summed E-state index contributed by atoms with van der Waals surface area (Å²) in [5.41, 5.74) is 17.8. The summed E-state index contributed by atoms with van der Waals surface area (Å²) >= 11 is 0. The van der Waals surface area contributed by atoms with Gasteiger partial charge in [-0.2, -0.15) is 10.2 Å². The van der Waals surface area contributed by atoms with Crippen LogP contribution >= 0.6 is 0 Å². The van der Waals surface area contributed by atoms with Crippen LogP contribution in [0.3, 0.4) is 0 Å². The molecule has 376 valence electrons. The van der Waals surface area contributed by atoms with E-state index in [9.17, 15) is 4.79 Å². The third-order valence-corrected chi connectivity index (χ3v) is 16.0. The molecule has 2 amide bonds. The van der Waals surface area contributed by atoms with Gasteiger partial charge in [0.25, 0.3) is 0 Å². The first-order valence-corrected chi connectivity index (χ1v) is 26.3. The smallest absolute Gasteiger partial charge is 0.313 e. The van der Waals surface area contributed by atoms with Crippen LogP contribution in [0.5, 0.6) is 0 Å². The lowest BCUT2D eigenvalue weighted by Crippen LogP contribution is -2.51. The average molecular weight is 989 g/mol. The lowest BCUT2D eigenvalue weighted by Gasteiger charge is -2.36. The molecule has 0 atom stereocenters. The SMILES string of the molecule is Cc1cccc(-c2nn3c(c2-c2ccnc(-c4nc5c(n4N4CCN(C)CC4)CN(C(=O)N4Cc6nc(-c7cc(-c8c(-c9cccc(C)n9)nn9c8CCC9)ccn7)n(N7CCN(C)CC7)c6C4)C5)c2)CCC3)n1. The molecule has 2 saturated heterocycles. The number of fused-ring (bicyclic) bond motifs is 4. The monoisotopic (exact) mass is 989 g/mol. The van der Waals surface area contributed by atoms with Crippen LogP contribution in [0.4, 0.5) is 4.79 Å². The largest absolute Gasteiger partial charge is 0.321 e. The Morgan fingerprint density at radius 3 is 1.36 bits per heavy atom. The fourth-order valence-corrected chi connectivity index (χ4v) is 12.2. The number of aryl methyl sites for hydroxylation is 4. The normalized spacial score (nSPS) is 17.7. The van der Waals surface area contributed by atoms with Gasteiger partial charge < -0.3 is 29.6 Å². The molecule has 8 aromatic heterocycles. The van der Waals surface area contributed by atoms with Gasteiger partial charge in [0.15, 0.2) is 11.6 Å². The molecule has 0 bridgehead atoms. The highest BCUT2D eigenvalue weighted by Gasteiger charge is 2.40. The van der Waals surface area contributed by atoms with Crippen LogP contribution in [-0.2, 0) is 52.1 Å². The van der Waals surface area contributed by atoms with Gasteiger partial charge in [-0.25, -0.2) is 24.1 Å². The summed E-state index contributed by atoms with van der Waals surface area (Å²) in [6.45, 7) is 14.6. The number of carbonyl (C=O) groups excluding carboxylic acids is 1. The van der Waals surface area contributed by atoms with Gasteiger partial charge in [-0.05, 0) is 113 Å². The van der Waals surface area contributed by atoms with Gasteiger partial charge in [-0.1, -0.05) is 12.1 Å². The van der Waals surface area contributed by atoms with Crippen LogP contribution in [0.15, 0.2) is 73.1 Å². The Balaban J connectivity index is 0.771. The molecule has 8 aromatic rings. The number of amides is 2. The molecule has 0 radical (unpaired) electrons. The maximum absolute atomic E-state index is 14.9. The molecule has 2 fully saturated rings. The number of pyridine rings is 4. The van der Waals surface area contributed by atoms with Crippen LogP contribution < -0.4 is 10.0 Å². The van der Waals surface area contributed by atoms with Gasteiger partial charge >= 0.3 is 6.03 Å². The second-order valence-corrected chi connectivity index (χ2v) is 21.0. The highest BCUT2D eigenvalue weighted by molar-refractivity contribution is 5.85. The number of likely N-dealkylation sites (N-methyl/N-ethyl adjacent to an activating group) is 2. The predicted octanol–water partition coefficient (Wildman–Crippen LogP) is 5.78. The first kappa shape index (κ1) is 44.9. The van der Waals surface area contributed by atoms with Crippen molar-refractivity contribution in [3.05, 3.63) is 119 Å². The van der Waals surface area contributed by atoms with Crippen LogP contribution in [0.25, 0.3) is 68.1 Å². The fraction of sp³-hybridized carbons (Fsp3) is 0.400. The van der Waals surface area contributed by atoms with E-state index < -0.39 is 0 Å². The van der Waals surface area contributed by atoms with E-state index >= 15 is 0 Å². The van der Waals surface area contributed by atoms with E-state index in [1.807, 2.05) is 48.2 Å². The van der Waals surface area contributed by atoms with Crippen molar-refractivity contribution in [3.63, 3.8) is 0 Å². The van der Waals surface area contributed by atoms with E-state index in [1.54, 1.807) is 0 Å². The molecule has 0 N–H and O–H groups in total. The first-order chi connectivity index (χ1) is 36.2. The van der Waals surface area contributed by atoms with Crippen molar-refractivity contribution in [3.8, 4) is 68.1 Å². The lowest BCUT2D eigenvalue weighted by molar-refractivity contribution is 0.150. The van der Waals surface area contributed by atoms with Crippen molar-refractivity contribution in [1.82, 2.24) is 78.4 Å². The number of hydrogen-bond donors (Lipinski definition) is 0. The molecule has 74 heavy (non-hydrogen) atoms. The molecule has 0 aliphatic carbocycles. The number of imidazole rings is 2. The maximum Gasteiger partial charge on any atom is 0.321 e. The quantitative estimate of drug-likeness (QED) is 0.181. The van der Waals surface area contributed by atoms with Crippen LogP contribution in [0, 0.1) is 13.8 Å². The zero-order valence-corrected chi connectivity index (χ0v) is 42.6. The molecule has 19 heteroatoms. The second kappa shape index (κ2) is 17.7. The number of aromatic nitrogens is 12. The van der Waals surface area contributed by atoms with Gasteiger partial charge in [-0.15, -0.1) is 0 Å². The van der Waals surface area contributed by atoms with Crippen LogP contribution in [0.1, 0.15) is 58.4 Å². The van der Waals surface area contributed by atoms with Gasteiger partial charge in [0, 0.05) is 112 Å². The Hall–Kier alpha value is -7.77. The first-order valence-electron chi connectivity index (χ1n) is 26.3. The topological polar surface area (TPSA) is 159 Å². The van der Waals surface area contributed by atoms with Gasteiger partial charge in [-0.3, -0.25) is 29.3 Å². The Labute approximate surface area is 429 Å². The molecule has 14 heterocycles. The third kappa shape index (κ3) is 7.57. The van der Waals surface area contributed by atoms with E-state index in [-0.39, 0.29) is 6.03 Å². The summed E-state index contributed by atoms with van der Waals surface area (Å²) in [5, 5.41) is 15.0. The maximum atomic E-state index is 14.9. The number of nitrogens with zero attached hydrogens (tertiary/aromatic N) is 18. The number of urea groups is 1. The number of piperazine rings is 2. The molecular formula is C55H60N18O. The minimum absolute atomic E-state index is 0.0149. The fourth-order valence-electron chi connectivity index (χ4n) is 12.2. The standard InChI is InChI=1S/C55H60N18O/c1-35-9-5-11-39(58-35)51-49(45-13-7-19-70(45)62-51)37-15-17-56-41(29-37)53-60-43-31-66(33-47(43)72(53)68-25-21-64(3)22-26-68)55(74)67-32-44-48(34-67)73(69-27-23-65(4)24-28-69)54(61-44)42-30-38(16-18-57-42)50-46-14-8-20-71(46)63-52(50)40-12-6-10-36(2)59-40/h5-6,9-12,15-18,29-30H,7-8,13-14,19-28,31-34H2,1-4H3. The second-order valence-electron chi connectivity index (χ2n) is 21.0. The van der Waals surface area contributed by atoms with Crippen LogP contribution in [-0.4, -0.2) is 151 Å². The van der Waals surface area contributed by atoms with Crippen molar-refractivity contribution in [2.45, 2.75) is 78.8 Å². The summed E-state index contributed by atoms with van der Waals surface area (Å²) in [4.78, 5) is 54.1. The number of rotatable bonds is 8. The summed E-state index contributed by atoms with van der Waals surface area (Å²) < 4.78 is 8.87. The van der Waals surface area contributed by atoms with Gasteiger partial charge in [0.2, 0.25) is 0 Å². The highest BCUT2D eigenvalue weighted by atomic mass is 16.2. The Morgan fingerprint density at radius 1 is 0.486 bits per heavy atom. The van der Waals surface area contributed by atoms with Crippen molar-refractivity contribution in [2.24, 2.45) is 0 Å². The molecule has 14 rings (SSSR count). The summed E-state index contributed by atoms with van der Waals surface area (Å²) in [5.74, 6) is 1.61. The highest BCUT2D eigenvalue weighted by Crippen LogP contribution is 2.41. The molecular weight excluding hydrogens is 929 g/mol. The average Bonchev–Trinajstić information content (AvgIpc) is 4.28. The van der Waals surface area contributed by atoms with Crippen molar-refractivity contribution >= 4 is 6.03 Å². The Bertz CT molecular complexity index is 3280. The number of carbonyl (C=O) groups is 1. The lowest BCUT2D eigenvalue weighted by atomic mass is 10.00. The van der Waals surface area contributed by atoms with E-state index in [2.05, 4.69) is 101 Å². The molecule has 0 saturated carbocycles. The van der Waals surface area contributed by atoms with E-state index in [4.69, 9.17) is 40.1 Å². The number of hydrogen-bond acceptors (Lipinski definition) is 13. The van der Waals surface area contributed by atoms with E-state index in [0.29, 0.717) is 26.2 Å². The summed E-state index contributed by atoms with van der Waals surface area (Å²) in [7, 11) is 4.35. The van der Waals surface area contributed by atoms with E-state index in [0.717, 1.165) is 193 Å². The van der Waals surface area contributed by atoms with E-state index in [1.165, 1.54) is 11.4 Å². The third-order valence-electron chi connectivity index (χ3n) is 16.0. The predicted molar refractivity (Wildman–Crippen MR) is 281 cm³/mol. The Morgan fingerprint density at radius 2 is 0.932 bits per heavy atom. The molecule has 6 aliphatic rings. The Kier molecular flexibility index (Phi) is 10.8. The van der Waals surface area contributed by atoms with Crippen LogP contribution in [0.2, 0.25) is 0 Å². The molecule has 0 unspecified atom stereocenters. The summed E-state index contributed by atoms with van der Waals surface area (Å²) in [6.07, 6.45) is 7.86. The molecule has 0 spiro atoms. The molecule has 6 aliphatic heterocycles. The molecule has 0 aromatic carbocycles. The molecule has 19 nitrogen and oxygen atoms in total.